The summed E-state index contributed by atoms with van der Waals surface area (Å²) in [7, 11) is 0. The zero-order chi connectivity index (χ0) is 17.5. The highest BCUT2D eigenvalue weighted by molar-refractivity contribution is 6.16. The Morgan fingerprint density at radius 3 is 2.52 bits per heavy atom. The summed E-state index contributed by atoms with van der Waals surface area (Å²) in [6, 6.07) is 20.9. The molecule has 0 amide bonds. The maximum Gasteiger partial charge on any atom is 0.0702 e. The van der Waals surface area contributed by atoms with Crippen LogP contribution in [-0.4, -0.2) is 17.2 Å². The molecule has 0 saturated heterocycles. The predicted octanol–water partition coefficient (Wildman–Crippen LogP) is 5.93. The fourth-order valence-corrected chi connectivity index (χ4v) is 3.05. The Kier molecular flexibility index (Phi) is 5.73. The largest absolute Gasteiger partial charge is 0.284 e. The molecule has 0 saturated carbocycles. The van der Waals surface area contributed by atoms with Crippen LogP contribution in [0.5, 0.6) is 0 Å². The van der Waals surface area contributed by atoms with Gasteiger partial charge in [0, 0.05) is 23.7 Å². The van der Waals surface area contributed by atoms with Gasteiger partial charge in [0.1, 0.15) is 0 Å². The molecule has 0 aliphatic carbocycles. The van der Waals surface area contributed by atoms with E-state index in [1.54, 1.807) is 0 Å². The first-order chi connectivity index (χ1) is 12.4. The second kappa shape index (κ2) is 8.39. The Balaban J connectivity index is 0.000000880. The highest BCUT2D eigenvalue weighted by atomic mass is 14.8. The van der Waals surface area contributed by atoms with Gasteiger partial charge in [0.25, 0.3) is 0 Å². The van der Waals surface area contributed by atoms with Gasteiger partial charge in [-0.05, 0) is 42.2 Å². The summed E-state index contributed by atoms with van der Waals surface area (Å²) in [6.07, 6.45) is 6.39. The van der Waals surface area contributed by atoms with E-state index in [1.807, 2.05) is 38.2 Å². The van der Waals surface area contributed by atoms with E-state index in [0.29, 0.717) is 0 Å². The first-order valence-electron chi connectivity index (χ1n) is 9.06. The molecule has 2 heterocycles. The maximum absolute atomic E-state index is 4.79. The van der Waals surface area contributed by atoms with Gasteiger partial charge >= 0.3 is 0 Å². The molecule has 0 N–H and O–H groups in total. The monoisotopic (exact) mass is 328 g/mol. The van der Waals surface area contributed by atoms with E-state index in [0.717, 1.165) is 41.6 Å². The molecule has 2 nitrogen and oxygen atoms in total. The van der Waals surface area contributed by atoms with Crippen LogP contribution in [0.25, 0.3) is 17.0 Å². The molecule has 0 fully saturated rings. The fourth-order valence-electron chi connectivity index (χ4n) is 3.05. The number of nitrogens with zero attached hydrogens (tertiary/aromatic N) is 2. The van der Waals surface area contributed by atoms with E-state index in [-0.39, 0.29) is 0 Å². The molecule has 0 bridgehead atoms. The lowest BCUT2D eigenvalue weighted by Crippen LogP contribution is -2.12. The van der Waals surface area contributed by atoms with Gasteiger partial charge < -0.3 is 0 Å². The van der Waals surface area contributed by atoms with Crippen molar-refractivity contribution in [1.82, 2.24) is 4.98 Å². The van der Waals surface area contributed by atoms with Gasteiger partial charge in [0.15, 0.2) is 0 Å². The number of aliphatic imine (C=N–C) groups is 1. The van der Waals surface area contributed by atoms with Gasteiger partial charge in [-0.15, -0.1) is 0 Å². The summed E-state index contributed by atoms with van der Waals surface area (Å²) in [6.45, 7) is 4.90. The van der Waals surface area contributed by atoms with E-state index in [2.05, 4.69) is 53.5 Å². The third-order valence-electron chi connectivity index (χ3n) is 4.18. The first kappa shape index (κ1) is 17.1. The average molecular weight is 328 g/mol. The molecular weight excluding hydrogens is 304 g/mol. The van der Waals surface area contributed by atoms with Crippen molar-refractivity contribution in [2.45, 2.75) is 26.7 Å². The smallest absolute Gasteiger partial charge is 0.0702 e. The first-order valence-corrected chi connectivity index (χ1v) is 9.06. The Bertz CT molecular complexity index is 892. The summed E-state index contributed by atoms with van der Waals surface area (Å²) in [4.78, 5) is 9.38. The minimum Gasteiger partial charge on any atom is -0.284 e. The molecule has 1 aliphatic rings. The van der Waals surface area contributed by atoms with Crippen LogP contribution in [0.4, 0.5) is 0 Å². The van der Waals surface area contributed by atoms with Gasteiger partial charge in [-0.25, -0.2) is 0 Å². The lowest BCUT2D eigenvalue weighted by Gasteiger charge is -2.17. The minimum absolute atomic E-state index is 0.897. The van der Waals surface area contributed by atoms with Crippen LogP contribution >= 0.6 is 0 Å². The van der Waals surface area contributed by atoms with Gasteiger partial charge in [0.05, 0.1) is 11.2 Å². The Morgan fingerprint density at radius 2 is 1.68 bits per heavy atom. The topological polar surface area (TPSA) is 25.2 Å². The molecular formula is C23H24N2. The van der Waals surface area contributed by atoms with Crippen molar-refractivity contribution in [3.63, 3.8) is 0 Å². The lowest BCUT2D eigenvalue weighted by atomic mass is 9.94. The number of allylic oxidation sites excluding steroid dienone is 1. The number of fused-ring (bicyclic) bond motifs is 1. The van der Waals surface area contributed by atoms with Crippen LogP contribution in [0.3, 0.4) is 0 Å². The molecule has 4 rings (SSSR count). The van der Waals surface area contributed by atoms with Crippen molar-refractivity contribution in [2.75, 3.05) is 6.54 Å². The van der Waals surface area contributed by atoms with Crippen LogP contribution < -0.4 is 0 Å². The van der Waals surface area contributed by atoms with Crippen molar-refractivity contribution in [3.05, 3.63) is 83.6 Å². The zero-order valence-corrected chi connectivity index (χ0v) is 14.9. The number of rotatable bonds is 2. The molecule has 126 valence electrons. The van der Waals surface area contributed by atoms with Gasteiger partial charge in [-0.2, -0.15) is 0 Å². The number of hydrogen-bond donors (Lipinski definition) is 0. The molecule has 0 atom stereocenters. The Morgan fingerprint density at radius 1 is 0.920 bits per heavy atom. The van der Waals surface area contributed by atoms with E-state index in [4.69, 9.17) is 4.99 Å². The van der Waals surface area contributed by atoms with E-state index >= 15 is 0 Å². The molecule has 3 aromatic rings. The molecule has 0 unspecified atom stereocenters. The SMILES string of the molecule is C(=C1/CCCN=C1c1cnc2ccccc2c1)/c1ccccc1.CC. The van der Waals surface area contributed by atoms with Gasteiger partial charge in [-0.1, -0.05) is 62.4 Å². The van der Waals surface area contributed by atoms with Gasteiger partial charge in [-0.3, -0.25) is 9.98 Å². The van der Waals surface area contributed by atoms with Crippen molar-refractivity contribution in [2.24, 2.45) is 4.99 Å². The van der Waals surface area contributed by atoms with Crippen LogP contribution in [0.15, 0.2) is 77.4 Å². The highest BCUT2D eigenvalue weighted by Gasteiger charge is 2.15. The van der Waals surface area contributed by atoms with Crippen LogP contribution in [0, 0.1) is 0 Å². The van der Waals surface area contributed by atoms with E-state index in [9.17, 15) is 0 Å². The normalized spacial score (nSPS) is 15.4. The lowest BCUT2D eigenvalue weighted by molar-refractivity contribution is 0.818. The molecule has 2 heteroatoms. The summed E-state index contributed by atoms with van der Waals surface area (Å²) in [5.41, 5.74) is 5.77. The third kappa shape index (κ3) is 4.03. The van der Waals surface area contributed by atoms with Crippen molar-refractivity contribution < 1.29 is 0 Å². The maximum atomic E-state index is 4.79. The van der Waals surface area contributed by atoms with Crippen LogP contribution in [0.1, 0.15) is 37.8 Å². The van der Waals surface area contributed by atoms with Crippen molar-refractivity contribution >= 4 is 22.7 Å². The molecule has 1 aliphatic heterocycles. The number of para-hydroxylation sites is 1. The Hall–Kier alpha value is -2.74. The van der Waals surface area contributed by atoms with E-state index in [1.165, 1.54) is 11.1 Å². The van der Waals surface area contributed by atoms with Crippen LogP contribution in [0.2, 0.25) is 0 Å². The number of benzene rings is 2. The molecule has 0 spiro atoms. The summed E-state index contributed by atoms with van der Waals surface area (Å²) < 4.78 is 0. The van der Waals surface area contributed by atoms with Crippen LogP contribution in [-0.2, 0) is 0 Å². The van der Waals surface area contributed by atoms with E-state index < -0.39 is 0 Å². The summed E-state index contributed by atoms with van der Waals surface area (Å²) >= 11 is 0. The highest BCUT2D eigenvalue weighted by Crippen LogP contribution is 2.23. The molecule has 25 heavy (non-hydrogen) atoms. The molecule has 2 aromatic carbocycles. The number of pyridine rings is 1. The van der Waals surface area contributed by atoms with Crippen molar-refractivity contribution in [1.29, 1.82) is 0 Å². The Labute approximate surface area is 150 Å². The second-order valence-electron chi connectivity index (χ2n) is 5.83. The fraction of sp³-hybridized carbons (Fsp3) is 0.217. The average Bonchev–Trinajstić information content (AvgIpc) is 2.70. The molecule has 0 radical (unpaired) electrons. The standard InChI is InChI=1S/C21H18N2.C2H6/c1-2-7-16(8-3-1)13-18-10-6-12-22-21(18)19-14-17-9-4-5-11-20(17)23-15-19;1-2/h1-5,7-9,11,13-15H,6,10,12H2;1-2H3/b18-13+;. The molecule has 1 aromatic heterocycles. The van der Waals surface area contributed by atoms with Crippen molar-refractivity contribution in [3.8, 4) is 0 Å². The zero-order valence-electron chi connectivity index (χ0n) is 14.9. The second-order valence-corrected chi connectivity index (χ2v) is 5.83. The summed E-state index contributed by atoms with van der Waals surface area (Å²) in [5, 5.41) is 1.16. The van der Waals surface area contributed by atoms with Gasteiger partial charge in [0.2, 0.25) is 0 Å². The third-order valence-corrected chi connectivity index (χ3v) is 4.18. The minimum atomic E-state index is 0.897. The summed E-state index contributed by atoms with van der Waals surface area (Å²) in [5.74, 6) is 0. The quantitative estimate of drug-likeness (QED) is 0.572. The predicted molar refractivity (Wildman–Crippen MR) is 108 cm³/mol. The number of aromatic nitrogens is 1. The number of hydrogen-bond acceptors (Lipinski definition) is 2.